The molecule has 2 rings (SSSR count). The smallest absolute Gasteiger partial charge is 0.405 e. The predicted molar refractivity (Wildman–Crippen MR) is 147 cm³/mol. The number of nitrogens with two attached hydrogens (primary N) is 1. The number of nitrogens with one attached hydrogen (secondary N) is 1. The Morgan fingerprint density at radius 3 is 2.40 bits per heavy atom. The van der Waals surface area contributed by atoms with Crippen LogP contribution in [0.4, 0.5) is 4.79 Å². The number of carbonyl (C=O) groups excluding carboxylic acids is 4. The Balaban J connectivity index is 2.61. The Morgan fingerprint density at radius 1 is 1.15 bits per heavy atom. The number of Topliss-reactive ketones (excluding diaryl/α,β-unsaturated/α-hetero) is 1. The van der Waals surface area contributed by atoms with Crippen LogP contribution in [0.2, 0.25) is 0 Å². The van der Waals surface area contributed by atoms with E-state index in [1.54, 1.807) is 26.0 Å². The fourth-order valence-corrected chi connectivity index (χ4v) is 4.50. The molecule has 5 atom stereocenters. The summed E-state index contributed by atoms with van der Waals surface area (Å²) >= 11 is 0. The van der Waals surface area contributed by atoms with Gasteiger partial charge in [0.05, 0.1) is 30.6 Å². The standard InChI is InChI=1S/C29H38N2O9/c1-15-11-19-25(34)20(14-21(32)27(19)39-7)31-28(35)16(2)9-8-10-22(37-5)26(40-29(30)36)18(4)13-17(3)24(33)23(12-15)38-6/h8-10,13-14,17,22-24,26,33H,1,11-12H2,2-7H3,(H2,30,36)(H,31,35)/b10-8-,16-9+,18-13+/t17?,22-,23-,24?,26-/m0/s1. The van der Waals surface area contributed by atoms with Gasteiger partial charge in [-0.05, 0) is 25.8 Å². The van der Waals surface area contributed by atoms with E-state index >= 15 is 0 Å². The number of methoxy groups -OCH3 is 3. The Kier molecular flexibility index (Phi) is 11.8. The number of allylic oxidation sites excluding steroid dienone is 4. The third-order valence-corrected chi connectivity index (χ3v) is 6.68. The number of amides is 2. The van der Waals surface area contributed by atoms with Crippen LogP contribution in [0, 0.1) is 5.92 Å². The molecule has 11 heteroatoms. The first-order chi connectivity index (χ1) is 18.8. The van der Waals surface area contributed by atoms with E-state index in [1.807, 2.05) is 0 Å². The second kappa shape index (κ2) is 14.5. The summed E-state index contributed by atoms with van der Waals surface area (Å²) in [5.41, 5.74) is 6.42. The normalized spacial score (nSPS) is 30.9. The number of ether oxygens (including phenoxy) is 4. The van der Waals surface area contributed by atoms with Gasteiger partial charge in [0, 0.05) is 38.2 Å². The number of hydrogen-bond donors (Lipinski definition) is 3. The lowest BCUT2D eigenvalue weighted by Crippen LogP contribution is -2.36. The van der Waals surface area contributed by atoms with Crippen molar-refractivity contribution < 1.29 is 43.2 Å². The molecule has 0 spiro atoms. The third kappa shape index (κ3) is 8.10. The number of fused-ring (bicyclic) bond motifs is 2. The molecule has 2 aliphatic rings. The van der Waals surface area contributed by atoms with E-state index in [4.69, 9.17) is 24.7 Å². The van der Waals surface area contributed by atoms with Crippen LogP contribution in [-0.2, 0) is 33.3 Å². The topological polar surface area (TPSA) is 163 Å². The molecule has 2 unspecified atom stereocenters. The summed E-state index contributed by atoms with van der Waals surface area (Å²) in [5, 5.41) is 13.6. The summed E-state index contributed by atoms with van der Waals surface area (Å²) in [6, 6.07) is 0. The van der Waals surface area contributed by atoms with Gasteiger partial charge in [0.25, 0.3) is 5.91 Å². The van der Waals surface area contributed by atoms with Crippen molar-refractivity contribution in [3.63, 3.8) is 0 Å². The van der Waals surface area contributed by atoms with Crippen LogP contribution in [0.1, 0.15) is 33.6 Å². The second-order valence-electron chi connectivity index (χ2n) is 9.68. The molecular formula is C29H38N2O9. The van der Waals surface area contributed by atoms with Gasteiger partial charge in [0.15, 0.2) is 11.9 Å². The van der Waals surface area contributed by atoms with Gasteiger partial charge >= 0.3 is 6.09 Å². The summed E-state index contributed by atoms with van der Waals surface area (Å²) in [7, 11) is 4.13. The lowest BCUT2D eigenvalue weighted by Gasteiger charge is -2.28. The molecule has 2 bridgehead atoms. The summed E-state index contributed by atoms with van der Waals surface area (Å²) < 4.78 is 21.6. The quantitative estimate of drug-likeness (QED) is 0.347. The molecule has 11 nitrogen and oxygen atoms in total. The van der Waals surface area contributed by atoms with Crippen molar-refractivity contribution in [3.05, 3.63) is 70.7 Å². The van der Waals surface area contributed by atoms with Gasteiger partial charge in [-0.3, -0.25) is 14.4 Å². The van der Waals surface area contributed by atoms with Crippen molar-refractivity contribution >= 4 is 23.6 Å². The minimum Gasteiger partial charge on any atom is -0.492 e. The number of rotatable bonds is 4. The Hall–Kier alpha value is -3.80. The molecule has 0 radical (unpaired) electrons. The molecule has 0 aromatic rings. The van der Waals surface area contributed by atoms with Gasteiger partial charge in [-0.25, -0.2) is 4.79 Å². The summed E-state index contributed by atoms with van der Waals surface area (Å²) in [5.74, 6) is -2.39. The molecular weight excluding hydrogens is 520 g/mol. The molecule has 1 aliphatic heterocycles. The van der Waals surface area contributed by atoms with E-state index in [0.717, 1.165) is 6.08 Å². The van der Waals surface area contributed by atoms with Crippen molar-refractivity contribution in [1.29, 1.82) is 0 Å². The number of ketones is 2. The molecule has 0 aromatic heterocycles. The highest BCUT2D eigenvalue weighted by Gasteiger charge is 2.33. The van der Waals surface area contributed by atoms with Crippen LogP contribution in [0.25, 0.3) is 0 Å². The van der Waals surface area contributed by atoms with Crippen molar-refractivity contribution in [2.75, 3.05) is 21.3 Å². The van der Waals surface area contributed by atoms with E-state index in [1.165, 1.54) is 40.4 Å². The van der Waals surface area contributed by atoms with E-state index in [0.29, 0.717) is 11.1 Å². The van der Waals surface area contributed by atoms with Gasteiger partial charge < -0.3 is 35.1 Å². The first kappa shape index (κ1) is 32.4. The van der Waals surface area contributed by atoms with E-state index < -0.39 is 53.9 Å². The average Bonchev–Trinajstić information content (AvgIpc) is 2.90. The molecule has 2 amide bonds. The largest absolute Gasteiger partial charge is 0.492 e. The van der Waals surface area contributed by atoms with Crippen LogP contribution in [0.3, 0.4) is 0 Å². The lowest BCUT2D eigenvalue weighted by molar-refractivity contribution is -0.120. The minimum atomic E-state index is -1.02. The van der Waals surface area contributed by atoms with Gasteiger partial charge in [0.2, 0.25) is 11.6 Å². The summed E-state index contributed by atoms with van der Waals surface area (Å²) in [4.78, 5) is 50.5. The average molecular weight is 559 g/mol. The van der Waals surface area contributed by atoms with Crippen molar-refractivity contribution in [1.82, 2.24) is 5.32 Å². The molecule has 1 aliphatic carbocycles. The molecule has 0 saturated heterocycles. The van der Waals surface area contributed by atoms with Crippen LogP contribution < -0.4 is 11.1 Å². The maximum absolute atomic E-state index is 13.3. The molecule has 218 valence electrons. The number of carbonyl (C=O) groups is 4. The zero-order valence-electron chi connectivity index (χ0n) is 23.7. The van der Waals surface area contributed by atoms with E-state index in [2.05, 4.69) is 11.9 Å². The van der Waals surface area contributed by atoms with Crippen molar-refractivity contribution in [3.8, 4) is 0 Å². The van der Waals surface area contributed by atoms with Crippen molar-refractivity contribution in [2.45, 2.75) is 58.0 Å². The first-order valence-electron chi connectivity index (χ1n) is 12.6. The van der Waals surface area contributed by atoms with Crippen molar-refractivity contribution in [2.24, 2.45) is 11.7 Å². The number of aliphatic hydroxyl groups excluding tert-OH is 1. The zero-order chi connectivity index (χ0) is 30.1. The zero-order valence-corrected chi connectivity index (χ0v) is 23.7. The highest BCUT2D eigenvalue weighted by atomic mass is 16.6. The molecule has 0 saturated carbocycles. The molecule has 1 heterocycles. The number of aliphatic hydroxyl groups is 1. The first-order valence-corrected chi connectivity index (χ1v) is 12.6. The fourth-order valence-electron chi connectivity index (χ4n) is 4.50. The van der Waals surface area contributed by atoms with Crippen LogP contribution in [0.5, 0.6) is 0 Å². The monoisotopic (exact) mass is 558 g/mol. The fraction of sp³-hybridized carbons (Fsp3) is 0.448. The van der Waals surface area contributed by atoms with Gasteiger partial charge in [0.1, 0.15) is 6.10 Å². The molecule has 4 N–H and O–H groups in total. The summed E-state index contributed by atoms with van der Waals surface area (Å²) in [6.45, 7) is 9.03. The molecule has 40 heavy (non-hydrogen) atoms. The SMILES string of the molecule is C=C1CC2=C(OC)C(=O)C=C(NC(=O)/C(C)=C/C=C\[C@H](OC)[C@@H](OC(N)=O)/C(C)=C/C(C)C(O)[C@@H](OC)C1)C2=O. The number of primary amides is 1. The Bertz CT molecular complexity index is 1190. The lowest BCUT2D eigenvalue weighted by atomic mass is 9.88. The maximum atomic E-state index is 13.3. The Labute approximate surface area is 234 Å². The number of hydrogen-bond acceptors (Lipinski definition) is 9. The Morgan fingerprint density at radius 2 is 1.82 bits per heavy atom. The van der Waals surface area contributed by atoms with E-state index in [9.17, 15) is 24.3 Å². The summed E-state index contributed by atoms with van der Waals surface area (Å²) in [6.07, 6.45) is 2.92. The van der Waals surface area contributed by atoms with E-state index in [-0.39, 0.29) is 35.4 Å². The second-order valence-corrected chi connectivity index (χ2v) is 9.68. The van der Waals surface area contributed by atoms with Gasteiger partial charge in [-0.15, -0.1) is 0 Å². The van der Waals surface area contributed by atoms with Gasteiger partial charge in [-0.2, -0.15) is 0 Å². The molecule has 0 aromatic carbocycles. The minimum absolute atomic E-state index is 0.0391. The van der Waals surface area contributed by atoms with Crippen LogP contribution >= 0.6 is 0 Å². The highest BCUT2D eigenvalue weighted by molar-refractivity contribution is 6.23. The predicted octanol–water partition coefficient (Wildman–Crippen LogP) is 2.33. The van der Waals surface area contributed by atoms with Crippen LogP contribution in [-0.4, -0.2) is 74.4 Å². The molecule has 0 fully saturated rings. The van der Waals surface area contributed by atoms with Crippen LogP contribution in [0.15, 0.2) is 70.7 Å². The maximum Gasteiger partial charge on any atom is 0.405 e. The highest BCUT2D eigenvalue weighted by Crippen LogP contribution is 2.28. The van der Waals surface area contributed by atoms with Gasteiger partial charge in [-0.1, -0.05) is 43.4 Å². The third-order valence-electron chi connectivity index (χ3n) is 6.68.